The summed E-state index contributed by atoms with van der Waals surface area (Å²) in [5.41, 5.74) is 4.48. The van der Waals surface area contributed by atoms with Gasteiger partial charge in [0.2, 0.25) is 0 Å². The van der Waals surface area contributed by atoms with Crippen molar-refractivity contribution in [2.45, 2.75) is 27.4 Å². The van der Waals surface area contributed by atoms with Crippen molar-refractivity contribution in [1.29, 1.82) is 5.26 Å². The Bertz CT molecular complexity index is 1280. The molecule has 0 aliphatic heterocycles. The zero-order valence-corrected chi connectivity index (χ0v) is 20.6. The van der Waals surface area contributed by atoms with Gasteiger partial charge in [0, 0.05) is 5.69 Å². The lowest BCUT2D eigenvalue weighted by Crippen LogP contribution is -2.13. The van der Waals surface area contributed by atoms with Crippen molar-refractivity contribution >= 4 is 40.9 Å². The van der Waals surface area contributed by atoms with Crippen LogP contribution in [0.15, 0.2) is 60.2 Å². The number of benzene rings is 3. The number of aryl methyl sites for hydroxylation is 2. The van der Waals surface area contributed by atoms with E-state index in [4.69, 9.17) is 32.7 Å². The molecule has 3 aromatic carbocycles. The maximum atomic E-state index is 12.6. The Hall–Kier alpha value is -3.46. The van der Waals surface area contributed by atoms with Crippen LogP contribution in [0.5, 0.6) is 11.5 Å². The average molecular weight is 495 g/mol. The molecule has 0 heterocycles. The van der Waals surface area contributed by atoms with Gasteiger partial charge < -0.3 is 14.8 Å². The first kappa shape index (κ1) is 25.2. The van der Waals surface area contributed by atoms with Crippen molar-refractivity contribution in [2.24, 2.45) is 0 Å². The number of amides is 1. The summed E-state index contributed by atoms with van der Waals surface area (Å²) in [5.74, 6) is 0.548. The predicted molar refractivity (Wildman–Crippen MR) is 137 cm³/mol. The van der Waals surface area contributed by atoms with Gasteiger partial charge >= 0.3 is 0 Å². The molecule has 0 atom stereocenters. The molecule has 34 heavy (non-hydrogen) atoms. The predicted octanol–water partition coefficient (Wildman–Crippen LogP) is 7.13. The van der Waals surface area contributed by atoms with Gasteiger partial charge in [0.1, 0.15) is 18.2 Å². The molecule has 1 amide bonds. The van der Waals surface area contributed by atoms with Crippen LogP contribution < -0.4 is 14.8 Å². The lowest BCUT2D eigenvalue weighted by molar-refractivity contribution is -0.112. The zero-order chi connectivity index (χ0) is 24.7. The maximum absolute atomic E-state index is 12.6. The molecule has 0 aliphatic rings. The Balaban J connectivity index is 1.78. The molecule has 0 spiro atoms. The van der Waals surface area contributed by atoms with Crippen molar-refractivity contribution in [3.63, 3.8) is 0 Å². The van der Waals surface area contributed by atoms with Crippen LogP contribution in [0, 0.1) is 25.2 Å². The number of hydrogen-bond acceptors (Lipinski definition) is 4. The van der Waals surface area contributed by atoms with E-state index in [-0.39, 0.29) is 5.57 Å². The van der Waals surface area contributed by atoms with E-state index in [9.17, 15) is 10.1 Å². The van der Waals surface area contributed by atoms with E-state index in [1.54, 1.807) is 30.3 Å². The second-order valence-electron chi connectivity index (χ2n) is 7.60. The highest BCUT2D eigenvalue weighted by Crippen LogP contribution is 2.31. The second kappa shape index (κ2) is 11.6. The molecule has 0 saturated heterocycles. The Morgan fingerprint density at radius 2 is 1.76 bits per heavy atom. The molecular weight excluding hydrogens is 471 g/mol. The van der Waals surface area contributed by atoms with Gasteiger partial charge in [0.25, 0.3) is 5.91 Å². The van der Waals surface area contributed by atoms with Gasteiger partial charge in [0.05, 0.1) is 16.7 Å². The van der Waals surface area contributed by atoms with E-state index in [1.807, 2.05) is 19.1 Å². The number of anilines is 1. The first-order chi connectivity index (χ1) is 16.3. The third-order valence-corrected chi connectivity index (χ3v) is 5.83. The Kier molecular flexibility index (Phi) is 8.59. The minimum absolute atomic E-state index is 0.0719. The van der Waals surface area contributed by atoms with Crippen molar-refractivity contribution in [3.8, 4) is 17.6 Å². The summed E-state index contributed by atoms with van der Waals surface area (Å²) in [5, 5.41) is 12.9. The summed E-state index contributed by atoms with van der Waals surface area (Å²) in [6.45, 7) is 6.85. The number of ether oxygens (including phenoxy) is 2. The molecule has 5 nitrogen and oxygen atoms in total. The monoisotopic (exact) mass is 494 g/mol. The van der Waals surface area contributed by atoms with E-state index < -0.39 is 5.91 Å². The van der Waals surface area contributed by atoms with Crippen molar-refractivity contribution in [1.82, 2.24) is 0 Å². The number of nitrogens with one attached hydrogen (secondary N) is 1. The summed E-state index contributed by atoms with van der Waals surface area (Å²) in [4.78, 5) is 12.6. The summed E-state index contributed by atoms with van der Waals surface area (Å²) in [7, 11) is 0. The van der Waals surface area contributed by atoms with Crippen LogP contribution in [-0.4, -0.2) is 12.5 Å². The number of nitrogens with zero attached hydrogens (tertiary/aromatic N) is 1. The van der Waals surface area contributed by atoms with Crippen LogP contribution in [-0.2, 0) is 11.4 Å². The fourth-order valence-corrected chi connectivity index (χ4v) is 3.44. The minimum atomic E-state index is -0.561. The fourth-order valence-electron chi connectivity index (χ4n) is 3.14. The van der Waals surface area contributed by atoms with Crippen molar-refractivity contribution < 1.29 is 14.3 Å². The van der Waals surface area contributed by atoms with Gasteiger partial charge in [-0.25, -0.2) is 0 Å². The molecule has 1 N–H and O–H groups in total. The van der Waals surface area contributed by atoms with Gasteiger partial charge in [-0.15, -0.1) is 0 Å². The molecule has 0 unspecified atom stereocenters. The largest absolute Gasteiger partial charge is 0.490 e. The van der Waals surface area contributed by atoms with Gasteiger partial charge in [-0.3, -0.25) is 4.79 Å². The summed E-state index contributed by atoms with van der Waals surface area (Å²) in [6, 6.07) is 18.1. The number of carbonyl (C=O) groups excluding carboxylic acids is 1. The first-order valence-electron chi connectivity index (χ1n) is 10.6. The highest BCUT2D eigenvalue weighted by molar-refractivity contribution is 6.42. The first-order valence-corrected chi connectivity index (χ1v) is 11.4. The lowest BCUT2D eigenvalue weighted by atomic mass is 10.1. The molecule has 0 saturated carbocycles. The van der Waals surface area contributed by atoms with Crippen LogP contribution in [0.1, 0.15) is 29.2 Å². The van der Waals surface area contributed by atoms with Gasteiger partial charge in [0.15, 0.2) is 11.5 Å². The molecule has 0 bridgehead atoms. The van der Waals surface area contributed by atoms with E-state index in [0.29, 0.717) is 46.0 Å². The van der Waals surface area contributed by atoms with E-state index in [2.05, 4.69) is 31.3 Å². The quantitative estimate of drug-likeness (QED) is 0.267. The molecule has 7 heteroatoms. The minimum Gasteiger partial charge on any atom is -0.490 e. The number of rotatable bonds is 8. The van der Waals surface area contributed by atoms with E-state index in [0.717, 1.165) is 5.56 Å². The number of hydrogen-bond donors (Lipinski definition) is 1. The molecule has 3 rings (SSSR count). The lowest BCUT2D eigenvalue weighted by Gasteiger charge is -2.13. The fraction of sp³-hybridized carbons (Fsp3) is 0.185. The molecular formula is C27H24Cl2N2O3. The smallest absolute Gasteiger partial charge is 0.266 e. The molecule has 3 aromatic rings. The van der Waals surface area contributed by atoms with Crippen molar-refractivity contribution in [2.75, 3.05) is 11.9 Å². The molecule has 0 radical (unpaired) electrons. The zero-order valence-electron chi connectivity index (χ0n) is 19.1. The van der Waals surface area contributed by atoms with Crippen molar-refractivity contribution in [3.05, 3.63) is 92.5 Å². The van der Waals surface area contributed by atoms with E-state index in [1.165, 1.54) is 23.3 Å². The van der Waals surface area contributed by atoms with E-state index >= 15 is 0 Å². The Morgan fingerprint density at radius 3 is 2.44 bits per heavy atom. The van der Waals surface area contributed by atoms with Crippen LogP contribution in [0.4, 0.5) is 5.69 Å². The third kappa shape index (κ3) is 6.54. The number of nitriles is 1. The Morgan fingerprint density at radius 1 is 0.971 bits per heavy atom. The average Bonchev–Trinajstić information content (AvgIpc) is 2.81. The highest BCUT2D eigenvalue weighted by atomic mass is 35.5. The topological polar surface area (TPSA) is 71.3 Å². The summed E-state index contributed by atoms with van der Waals surface area (Å²) < 4.78 is 11.7. The summed E-state index contributed by atoms with van der Waals surface area (Å²) >= 11 is 11.9. The molecule has 174 valence electrons. The normalized spacial score (nSPS) is 11.0. The molecule has 0 aromatic heterocycles. The number of halogens is 2. The summed E-state index contributed by atoms with van der Waals surface area (Å²) in [6.07, 6.45) is 1.49. The second-order valence-corrected chi connectivity index (χ2v) is 8.41. The maximum Gasteiger partial charge on any atom is 0.266 e. The molecule has 0 fully saturated rings. The van der Waals surface area contributed by atoms with Gasteiger partial charge in [-0.2, -0.15) is 5.26 Å². The number of carbonyl (C=O) groups is 1. The van der Waals surface area contributed by atoms with Crippen LogP contribution in [0.2, 0.25) is 10.0 Å². The Labute approximate surface area is 209 Å². The van der Waals surface area contributed by atoms with Gasteiger partial charge in [-0.05, 0) is 79.4 Å². The van der Waals surface area contributed by atoms with Crippen LogP contribution in [0.25, 0.3) is 6.08 Å². The highest BCUT2D eigenvalue weighted by Gasteiger charge is 2.12. The standard InChI is InChI=1S/C27H24Cl2N2O3/c1-4-33-26-13-19(7-10-25(26)34-16-20-6-5-17(2)18(3)11-20)12-21(15-30)27(32)31-22-8-9-23(28)24(29)14-22/h5-14H,4,16H2,1-3H3,(H,31,32)/b21-12+. The SMILES string of the molecule is CCOc1cc(/C=C(\C#N)C(=O)Nc2ccc(Cl)c(Cl)c2)ccc1OCc1ccc(C)c(C)c1. The third-order valence-electron chi connectivity index (χ3n) is 5.09. The van der Waals surface area contributed by atoms with Crippen LogP contribution in [0.3, 0.4) is 0 Å². The molecule has 0 aliphatic carbocycles. The van der Waals surface area contributed by atoms with Gasteiger partial charge in [-0.1, -0.05) is 47.5 Å². The van der Waals surface area contributed by atoms with Crippen LogP contribution >= 0.6 is 23.2 Å².